The van der Waals surface area contributed by atoms with Gasteiger partial charge in [-0.1, -0.05) is 6.08 Å². The summed E-state index contributed by atoms with van der Waals surface area (Å²) in [4.78, 5) is 11.1. The summed E-state index contributed by atoms with van der Waals surface area (Å²) in [6.07, 6.45) is -3.07. The van der Waals surface area contributed by atoms with Gasteiger partial charge >= 0.3 is 6.09 Å². The second-order valence-corrected chi connectivity index (χ2v) is 5.28. The zero-order valence-electron chi connectivity index (χ0n) is 11.4. The minimum Gasteiger partial charge on any atom is -0.462 e. The molecular formula is C13H17NO8. The van der Waals surface area contributed by atoms with Crippen molar-refractivity contribution in [2.45, 2.75) is 42.9 Å². The number of carbonyl (C=O) groups excluding carboxylic acids is 1. The largest absolute Gasteiger partial charge is 0.462 e. The van der Waals surface area contributed by atoms with Crippen LogP contribution in [0.1, 0.15) is 0 Å². The lowest BCUT2D eigenvalue weighted by atomic mass is 9.99. The molecule has 2 fully saturated rings. The summed E-state index contributed by atoms with van der Waals surface area (Å²) >= 11 is 0. The summed E-state index contributed by atoms with van der Waals surface area (Å²) in [5.74, 6) is 0.280. The SMILES string of the molecule is O=C1NC2C=CC(OC3OC(CO)C(O)C(O)C3O)=CC2O1. The number of ether oxygens (including phenoxy) is 3. The van der Waals surface area contributed by atoms with Crippen molar-refractivity contribution in [3.8, 4) is 0 Å². The fourth-order valence-corrected chi connectivity index (χ4v) is 2.54. The fraction of sp³-hybridized carbons (Fsp3) is 0.615. The Morgan fingerprint density at radius 3 is 2.73 bits per heavy atom. The van der Waals surface area contributed by atoms with Gasteiger partial charge in [-0.05, 0) is 6.08 Å². The highest BCUT2D eigenvalue weighted by Crippen LogP contribution is 2.26. The Labute approximate surface area is 125 Å². The van der Waals surface area contributed by atoms with Gasteiger partial charge < -0.3 is 40.0 Å². The van der Waals surface area contributed by atoms with E-state index in [1.165, 1.54) is 6.08 Å². The van der Waals surface area contributed by atoms with Crippen LogP contribution in [0.25, 0.3) is 0 Å². The standard InChI is InChI=1S/C13H17NO8/c15-4-8-9(16)10(17)11(18)12(21-8)20-5-1-2-6-7(3-5)22-13(19)14-6/h1-3,6-12,15-18H,4H2,(H,14,19). The van der Waals surface area contributed by atoms with E-state index in [1.807, 2.05) is 0 Å². The third kappa shape index (κ3) is 2.69. The average molecular weight is 315 g/mol. The van der Waals surface area contributed by atoms with Crippen molar-refractivity contribution in [3.05, 3.63) is 24.0 Å². The Morgan fingerprint density at radius 2 is 2.00 bits per heavy atom. The van der Waals surface area contributed by atoms with Crippen LogP contribution in [0.3, 0.4) is 0 Å². The molecule has 0 radical (unpaired) electrons. The van der Waals surface area contributed by atoms with Crippen LogP contribution in [0.15, 0.2) is 24.0 Å². The second-order valence-electron chi connectivity index (χ2n) is 5.28. The van der Waals surface area contributed by atoms with Gasteiger partial charge in [-0.15, -0.1) is 0 Å². The van der Waals surface area contributed by atoms with Crippen LogP contribution in [0.5, 0.6) is 0 Å². The molecule has 2 saturated heterocycles. The monoisotopic (exact) mass is 315 g/mol. The van der Waals surface area contributed by atoms with Crippen LogP contribution in [0.2, 0.25) is 0 Å². The number of hydrogen-bond acceptors (Lipinski definition) is 8. The molecule has 2 aliphatic heterocycles. The Bertz CT molecular complexity index is 504. The number of fused-ring (bicyclic) bond motifs is 1. The Hall–Kier alpha value is -1.65. The van der Waals surface area contributed by atoms with E-state index < -0.39 is 49.5 Å². The minimum atomic E-state index is -1.51. The van der Waals surface area contributed by atoms with E-state index in [-0.39, 0.29) is 11.8 Å². The first kappa shape index (κ1) is 15.3. The molecule has 0 spiro atoms. The normalized spacial score (nSPS) is 43.9. The van der Waals surface area contributed by atoms with E-state index in [9.17, 15) is 20.1 Å². The van der Waals surface area contributed by atoms with Crippen LogP contribution >= 0.6 is 0 Å². The molecular weight excluding hydrogens is 298 g/mol. The topological polar surface area (TPSA) is 138 Å². The summed E-state index contributed by atoms with van der Waals surface area (Å²) in [6.45, 7) is -0.536. The fourth-order valence-electron chi connectivity index (χ4n) is 2.54. The lowest BCUT2D eigenvalue weighted by Crippen LogP contribution is -2.59. The van der Waals surface area contributed by atoms with Crippen molar-refractivity contribution in [1.29, 1.82) is 0 Å². The van der Waals surface area contributed by atoms with Gasteiger partial charge in [0, 0.05) is 6.08 Å². The molecule has 3 rings (SSSR count). The molecule has 9 heteroatoms. The number of allylic oxidation sites excluding steroid dienone is 1. The number of nitrogens with one attached hydrogen (secondary N) is 1. The van der Waals surface area contributed by atoms with Crippen LogP contribution in [0, 0.1) is 0 Å². The maximum Gasteiger partial charge on any atom is 0.408 e. The van der Waals surface area contributed by atoms with Crippen LogP contribution in [0.4, 0.5) is 4.79 Å². The van der Waals surface area contributed by atoms with E-state index in [0.29, 0.717) is 0 Å². The number of rotatable bonds is 3. The molecule has 0 aromatic carbocycles. The minimum absolute atomic E-state index is 0.280. The summed E-state index contributed by atoms with van der Waals surface area (Å²) in [5.41, 5.74) is 0. The van der Waals surface area contributed by atoms with Crippen molar-refractivity contribution in [2.24, 2.45) is 0 Å². The molecule has 3 aliphatic rings. The Morgan fingerprint density at radius 1 is 1.23 bits per heavy atom. The molecule has 7 unspecified atom stereocenters. The van der Waals surface area contributed by atoms with Crippen molar-refractivity contribution in [2.75, 3.05) is 6.61 Å². The van der Waals surface area contributed by atoms with Crippen molar-refractivity contribution in [3.63, 3.8) is 0 Å². The quantitative estimate of drug-likeness (QED) is 0.393. The molecule has 22 heavy (non-hydrogen) atoms. The number of carbonyl (C=O) groups is 1. The number of aliphatic hydroxyl groups is 4. The third-order valence-electron chi connectivity index (χ3n) is 3.78. The lowest BCUT2D eigenvalue weighted by molar-refractivity contribution is -0.290. The van der Waals surface area contributed by atoms with Gasteiger partial charge in [0.1, 0.15) is 36.3 Å². The summed E-state index contributed by atoms with van der Waals surface area (Å²) in [5, 5.41) is 41.0. The lowest BCUT2D eigenvalue weighted by Gasteiger charge is -2.39. The predicted molar refractivity (Wildman–Crippen MR) is 69.3 cm³/mol. The van der Waals surface area contributed by atoms with Crippen molar-refractivity contribution < 1.29 is 39.4 Å². The highest BCUT2D eigenvalue weighted by Gasteiger charge is 2.45. The summed E-state index contributed by atoms with van der Waals surface area (Å²) in [7, 11) is 0. The summed E-state index contributed by atoms with van der Waals surface area (Å²) in [6, 6.07) is -0.283. The van der Waals surface area contributed by atoms with Crippen LogP contribution < -0.4 is 5.32 Å². The van der Waals surface area contributed by atoms with E-state index in [0.717, 1.165) is 0 Å². The molecule has 0 aromatic rings. The van der Waals surface area contributed by atoms with E-state index in [1.54, 1.807) is 12.2 Å². The molecule has 2 heterocycles. The van der Waals surface area contributed by atoms with Crippen molar-refractivity contribution >= 4 is 6.09 Å². The van der Waals surface area contributed by atoms with E-state index in [2.05, 4.69) is 5.32 Å². The van der Waals surface area contributed by atoms with Gasteiger partial charge in [0.05, 0.1) is 12.6 Å². The highest BCUT2D eigenvalue weighted by atomic mass is 16.7. The highest BCUT2D eigenvalue weighted by molar-refractivity contribution is 5.71. The smallest absolute Gasteiger partial charge is 0.408 e. The number of aliphatic hydroxyl groups excluding tert-OH is 4. The molecule has 122 valence electrons. The molecule has 9 nitrogen and oxygen atoms in total. The van der Waals surface area contributed by atoms with Gasteiger partial charge in [0.2, 0.25) is 6.29 Å². The third-order valence-corrected chi connectivity index (χ3v) is 3.78. The van der Waals surface area contributed by atoms with E-state index >= 15 is 0 Å². The van der Waals surface area contributed by atoms with Gasteiger partial charge in [-0.25, -0.2) is 4.79 Å². The second kappa shape index (κ2) is 5.86. The van der Waals surface area contributed by atoms with Gasteiger partial charge in [-0.3, -0.25) is 0 Å². The number of alkyl carbamates (subject to hydrolysis) is 1. The zero-order chi connectivity index (χ0) is 15.9. The van der Waals surface area contributed by atoms with Crippen LogP contribution in [-0.2, 0) is 14.2 Å². The molecule has 7 atom stereocenters. The number of hydrogen-bond donors (Lipinski definition) is 5. The van der Waals surface area contributed by atoms with Gasteiger partial charge in [0.25, 0.3) is 0 Å². The molecule has 5 N–H and O–H groups in total. The summed E-state index contributed by atoms with van der Waals surface area (Å²) < 4.78 is 15.7. The first-order chi connectivity index (χ1) is 10.5. The molecule has 0 saturated carbocycles. The van der Waals surface area contributed by atoms with E-state index in [4.69, 9.17) is 19.3 Å². The molecule has 0 aromatic heterocycles. The molecule has 0 bridgehead atoms. The maximum atomic E-state index is 11.1. The predicted octanol–water partition coefficient (Wildman–Crippen LogP) is -2.27. The van der Waals surface area contributed by atoms with Gasteiger partial charge in [-0.2, -0.15) is 0 Å². The van der Waals surface area contributed by atoms with Crippen LogP contribution in [-0.4, -0.2) is 76.0 Å². The van der Waals surface area contributed by atoms with Gasteiger partial charge in [0.15, 0.2) is 0 Å². The Balaban J connectivity index is 1.69. The maximum absolute atomic E-state index is 11.1. The van der Waals surface area contributed by atoms with Crippen molar-refractivity contribution in [1.82, 2.24) is 5.32 Å². The molecule has 1 aliphatic carbocycles. The Kier molecular flexibility index (Phi) is 4.06. The zero-order valence-corrected chi connectivity index (χ0v) is 11.4. The first-order valence-electron chi connectivity index (χ1n) is 6.84. The molecule has 1 amide bonds. The first-order valence-corrected chi connectivity index (χ1v) is 6.84. The average Bonchev–Trinajstić information content (AvgIpc) is 2.87. The number of amides is 1.